The molecular weight excluding hydrogens is 398 g/mol. The highest BCUT2D eigenvalue weighted by molar-refractivity contribution is 9.11. The first-order chi connectivity index (χ1) is 7.00. The van der Waals surface area contributed by atoms with Gasteiger partial charge >= 0.3 is 0 Å². The van der Waals surface area contributed by atoms with Crippen molar-refractivity contribution in [3.8, 4) is 0 Å². The van der Waals surface area contributed by atoms with Gasteiger partial charge in [0.25, 0.3) is 0 Å². The van der Waals surface area contributed by atoms with Crippen molar-refractivity contribution in [3.63, 3.8) is 0 Å². The van der Waals surface area contributed by atoms with Gasteiger partial charge in [-0.2, -0.15) is 0 Å². The van der Waals surface area contributed by atoms with Crippen LogP contribution in [0.5, 0.6) is 0 Å². The number of hydrazine groups is 1. The van der Waals surface area contributed by atoms with Crippen LogP contribution in [0.25, 0.3) is 0 Å². The number of nitrogens with zero attached hydrogens (tertiary/aromatic N) is 1. The lowest BCUT2D eigenvalue weighted by molar-refractivity contribution is -0.445. The molecule has 0 aliphatic carbocycles. The quantitative estimate of drug-likeness (QED) is 0.585. The van der Waals surface area contributed by atoms with Crippen molar-refractivity contribution in [3.05, 3.63) is 35.7 Å². The molecule has 5 nitrogen and oxygen atoms in total. The molecule has 3 N–H and O–H groups in total. The number of halogens is 3. The van der Waals surface area contributed by atoms with Gasteiger partial charge < -0.3 is 5.73 Å². The minimum Gasteiger partial charge on any atom is -0.333 e. The molecule has 0 radical (unpaired) electrons. The molecule has 0 unspecified atom stereocenters. The lowest BCUT2D eigenvalue weighted by Crippen LogP contribution is -2.08. The van der Waals surface area contributed by atoms with Crippen LogP contribution in [0.4, 0.5) is 5.69 Å². The van der Waals surface area contributed by atoms with E-state index >= 15 is 0 Å². The van der Waals surface area contributed by atoms with E-state index in [9.17, 15) is 10.1 Å². The maximum absolute atomic E-state index is 10.2. The summed E-state index contributed by atoms with van der Waals surface area (Å²) in [5.41, 5.74) is 6.97. The van der Waals surface area contributed by atoms with Gasteiger partial charge in [0.15, 0.2) is 5.03 Å². The molecule has 1 aromatic rings. The van der Waals surface area contributed by atoms with Crippen LogP contribution < -0.4 is 11.2 Å². The number of benzene rings is 1. The van der Waals surface area contributed by atoms with Crippen LogP contribution in [0, 0.1) is 10.1 Å². The van der Waals surface area contributed by atoms with Gasteiger partial charge in [0.05, 0.1) is 0 Å². The third-order valence-corrected chi connectivity index (χ3v) is 2.92. The predicted octanol–water partition coefficient (Wildman–Crippen LogP) is 3.15. The third kappa shape index (κ3) is 4.92. The maximum atomic E-state index is 10.2. The average Bonchev–Trinajstić information content (AvgIpc) is 2.14. The Morgan fingerprint density at radius 1 is 1.27 bits per heavy atom. The predicted molar refractivity (Wildman–Crippen MR) is 70.3 cm³/mol. The number of anilines is 1. The Kier molecular flexibility index (Phi) is 7.07. The zero-order valence-electron chi connectivity index (χ0n) is 7.63. The van der Waals surface area contributed by atoms with E-state index in [0.29, 0.717) is 14.6 Å². The number of nitrogens with one attached hydrogen (secondary N) is 1. The molecule has 0 spiro atoms. The Labute approximate surface area is 112 Å². The molecule has 0 atom stereocenters. The highest BCUT2D eigenvalue weighted by Gasteiger charge is 2.10. The minimum absolute atomic E-state index is 0.396. The Hall–Kier alpha value is -0.180. The number of hydrogen-bond acceptors (Lipinski definition) is 3. The van der Waals surface area contributed by atoms with Crippen molar-refractivity contribution in [2.24, 2.45) is 5.73 Å². The Morgan fingerprint density at radius 3 is 2.00 bits per heavy atom. The zero-order chi connectivity index (χ0) is 12.0. The van der Waals surface area contributed by atoms with Gasteiger partial charge in [0.2, 0.25) is 0 Å². The van der Waals surface area contributed by atoms with Gasteiger partial charge in [0, 0.05) is 13.4 Å². The van der Waals surface area contributed by atoms with Crippen LogP contribution in [-0.2, 0) is 0 Å². The van der Waals surface area contributed by atoms with Crippen LogP contribution >= 0.6 is 47.8 Å². The summed E-state index contributed by atoms with van der Waals surface area (Å²) in [5, 5.41) is 9.59. The number of rotatable bonds is 2. The van der Waals surface area contributed by atoms with Gasteiger partial charge in [-0.3, -0.25) is 0 Å². The molecule has 0 heterocycles. The van der Waals surface area contributed by atoms with E-state index < -0.39 is 5.03 Å². The smallest absolute Gasteiger partial charge is 0.162 e. The molecule has 0 aliphatic heterocycles. The zero-order valence-corrected chi connectivity index (χ0v) is 12.4. The van der Waals surface area contributed by atoms with Gasteiger partial charge in [-0.1, -0.05) is 15.9 Å². The highest BCUT2D eigenvalue weighted by Crippen LogP contribution is 2.34. The molecule has 0 saturated carbocycles. The summed E-state index contributed by atoms with van der Waals surface area (Å²) in [6, 6.07) is 3.44. The molecule has 0 bridgehead atoms. The monoisotopic (exact) mass is 403 g/mol. The van der Waals surface area contributed by atoms with E-state index in [2.05, 4.69) is 58.9 Å². The topological polar surface area (TPSA) is 81.2 Å². The van der Waals surface area contributed by atoms with Crippen LogP contribution in [0.2, 0.25) is 0 Å². The summed E-state index contributed by atoms with van der Waals surface area (Å²) in [6.45, 7) is 0. The Morgan fingerprint density at radius 2 is 1.67 bits per heavy atom. The fourth-order valence-corrected chi connectivity index (χ4v) is 3.18. The molecule has 0 fully saturated rings. The lowest BCUT2D eigenvalue weighted by atomic mass is 10.3. The van der Waals surface area contributed by atoms with Crippen LogP contribution in [0.3, 0.4) is 0 Å². The molecule has 0 amide bonds. The fraction of sp³-hybridized carbons (Fsp3) is 0.143. The van der Waals surface area contributed by atoms with Crippen molar-refractivity contribution in [1.29, 1.82) is 0 Å². The molecule has 84 valence electrons. The highest BCUT2D eigenvalue weighted by atomic mass is 79.9. The van der Waals surface area contributed by atoms with Gasteiger partial charge in [0.1, 0.15) is 5.69 Å². The van der Waals surface area contributed by atoms with E-state index in [1.54, 1.807) is 12.1 Å². The molecule has 15 heavy (non-hydrogen) atoms. The number of hydrogen-bond donors (Lipinski definition) is 2. The summed E-state index contributed by atoms with van der Waals surface area (Å²) in [6.07, 6.45) is 0. The summed E-state index contributed by atoms with van der Waals surface area (Å²) >= 11 is 9.65. The SMILES string of the molecule is CN.O=[N+]([O-])Nc1c(Br)cc(Br)cc1Br. The molecule has 8 heteroatoms. The summed E-state index contributed by atoms with van der Waals surface area (Å²) < 4.78 is 2.07. The second-order valence-electron chi connectivity index (χ2n) is 2.11. The molecule has 1 aromatic carbocycles. The van der Waals surface area contributed by atoms with Gasteiger partial charge in [-0.05, 0) is 51.0 Å². The third-order valence-electron chi connectivity index (χ3n) is 1.21. The number of nitrogens with two attached hydrogens (primary N) is 1. The Balaban J connectivity index is 0.000000921. The van der Waals surface area contributed by atoms with Crippen molar-refractivity contribution < 1.29 is 5.03 Å². The molecule has 0 aliphatic rings. The van der Waals surface area contributed by atoms with Crippen molar-refractivity contribution in [1.82, 2.24) is 0 Å². The van der Waals surface area contributed by atoms with E-state index in [1.165, 1.54) is 7.05 Å². The number of nitro groups is 1. The first kappa shape index (κ1) is 14.8. The second-order valence-corrected chi connectivity index (χ2v) is 4.74. The molecule has 0 aromatic heterocycles. The maximum Gasteiger partial charge on any atom is 0.162 e. The average molecular weight is 406 g/mol. The summed E-state index contributed by atoms with van der Waals surface area (Å²) in [5.74, 6) is 0. The second kappa shape index (κ2) is 7.15. The van der Waals surface area contributed by atoms with E-state index in [-0.39, 0.29) is 0 Å². The normalized spacial score (nSPS) is 8.87. The van der Waals surface area contributed by atoms with E-state index in [0.717, 1.165) is 4.47 Å². The van der Waals surface area contributed by atoms with Crippen molar-refractivity contribution in [2.75, 3.05) is 12.5 Å². The van der Waals surface area contributed by atoms with Gasteiger partial charge in [-0.25, -0.2) is 10.1 Å². The summed E-state index contributed by atoms with van der Waals surface area (Å²) in [4.78, 5) is 10.2. The van der Waals surface area contributed by atoms with E-state index in [4.69, 9.17) is 0 Å². The summed E-state index contributed by atoms with van der Waals surface area (Å²) in [7, 11) is 1.50. The van der Waals surface area contributed by atoms with E-state index in [1.807, 2.05) is 0 Å². The van der Waals surface area contributed by atoms with Crippen LogP contribution in [0.15, 0.2) is 25.6 Å². The fourth-order valence-electron chi connectivity index (χ4n) is 0.740. The van der Waals surface area contributed by atoms with Crippen LogP contribution in [0.1, 0.15) is 0 Å². The molecular formula is C7H8Br3N3O2. The standard InChI is InChI=1S/C6H3Br3N2O2.CH5N/c7-3-1-4(8)6(5(9)2-3)10-11(12)13;1-2/h1-2,10H;2H2,1H3. The van der Waals surface area contributed by atoms with Crippen molar-refractivity contribution >= 4 is 53.5 Å². The molecule has 0 saturated heterocycles. The largest absolute Gasteiger partial charge is 0.333 e. The first-order valence-corrected chi connectivity index (χ1v) is 6.02. The first-order valence-electron chi connectivity index (χ1n) is 3.64. The Bertz CT molecular complexity index is 336. The molecule has 1 rings (SSSR count). The van der Waals surface area contributed by atoms with Gasteiger partial charge in [-0.15, -0.1) is 5.43 Å². The minimum atomic E-state index is -0.612. The van der Waals surface area contributed by atoms with Crippen LogP contribution in [-0.4, -0.2) is 12.1 Å². The van der Waals surface area contributed by atoms with Crippen molar-refractivity contribution in [2.45, 2.75) is 0 Å². The lowest BCUT2D eigenvalue weighted by Gasteiger charge is -2.04.